The van der Waals surface area contributed by atoms with Crippen molar-refractivity contribution < 1.29 is 23.8 Å². The van der Waals surface area contributed by atoms with E-state index in [0.717, 1.165) is 21.3 Å². The molecule has 44 heavy (non-hydrogen) atoms. The number of hydrazone groups is 1. The third-order valence-corrected chi connectivity index (χ3v) is 8.68. The zero-order chi connectivity index (χ0) is 31.2. The van der Waals surface area contributed by atoms with Gasteiger partial charge in [0.15, 0.2) is 22.5 Å². The predicted molar refractivity (Wildman–Crippen MR) is 170 cm³/mol. The van der Waals surface area contributed by atoms with Gasteiger partial charge in [-0.15, -0.1) is 10.2 Å². The molecule has 228 valence electrons. The van der Waals surface area contributed by atoms with Crippen molar-refractivity contribution in [3.8, 4) is 17.2 Å². The molecule has 0 aliphatic carbocycles. The topological polar surface area (TPSA) is 120 Å². The molecule has 0 radical (unpaired) electrons. The molecule has 0 spiro atoms. The van der Waals surface area contributed by atoms with Crippen LogP contribution in [0, 0.1) is 0 Å². The zero-order valence-electron chi connectivity index (χ0n) is 24.6. The van der Waals surface area contributed by atoms with Crippen molar-refractivity contribution in [1.29, 1.82) is 0 Å². The molecule has 13 heteroatoms. The van der Waals surface area contributed by atoms with E-state index in [4.69, 9.17) is 19.3 Å². The lowest BCUT2D eigenvalue weighted by molar-refractivity contribution is -0.130. The Morgan fingerprint density at radius 2 is 1.73 bits per heavy atom. The van der Waals surface area contributed by atoms with E-state index in [0.29, 0.717) is 40.2 Å². The van der Waals surface area contributed by atoms with Crippen LogP contribution in [0.4, 0.5) is 0 Å². The van der Waals surface area contributed by atoms with Crippen LogP contribution in [0.1, 0.15) is 39.8 Å². The summed E-state index contributed by atoms with van der Waals surface area (Å²) < 4.78 is 19.1. The quantitative estimate of drug-likeness (QED) is 0.220. The third-order valence-electron chi connectivity index (χ3n) is 7.14. The molecule has 2 amide bonds. The minimum atomic E-state index is -0.393. The van der Waals surface area contributed by atoms with Gasteiger partial charge in [0, 0.05) is 29.1 Å². The molecule has 1 aromatic heterocycles. The lowest BCUT2D eigenvalue weighted by Gasteiger charge is -2.24. The molecule has 3 aromatic carbocycles. The maximum Gasteiger partial charge on any atom is 0.253 e. The lowest BCUT2D eigenvalue weighted by atomic mass is 9.97. The van der Waals surface area contributed by atoms with Gasteiger partial charge < -0.3 is 24.1 Å². The number of rotatable bonds is 11. The van der Waals surface area contributed by atoms with E-state index in [2.05, 4.69) is 31.4 Å². The van der Waals surface area contributed by atoms with Gasteiger partial charge in [-0.2, -0.15) is 5.10 Å². The van der Waals surface area contributed by atoms with Gasteiger partial charge in [-0.05, 0) is 48.0 Å². The number of carbonyl (C=O) groups is 2. The Bertz CT molecular complexity index is 1680. The molecule has 11 nitrogen and oxygen atoms in total. The number of benzene rings is 3. The summed E-state index contributed by atoms with van der Waals surface area (Å²) in [6.45, 7) is 0.174. The van der Waals surface area contributed by atoms with E-state index in [1.54, 1.807) is 57.2 Å². The molecule has 2 heterocycles. The van der Waals surface area contributed by atoms with Crippen LogP contribution in [0.5, 0.6) is 17.2 Å². The van der Waals surface area contributed by atoms with Crippen molar-refractivity contribution in [2.75, 3.05) is 27.1 Å². The molecule has 0 fully saturated rings. The highest BCUT2D eigenvalue weighted by Crippen LogP contribution is 2.42. The van der Waals surface area contributed by atoms with Gasteiger partial charge in [0.1, 0.15) is 5.75 Å². The van der Waals surface area contributed by atoms with Crippen molar-refractivity contribution in [3.63, 3.8) is 0 Å². The van der Waals surface area contributed by atoms with E-state index in [9.17, 15) is 9.59 Å². The Labute approximate surface area is 267 Å². The summed E-state index contributed by atoms with van der Waals surface area (Å²) in [6, 6.07) is 19.9. The standard InChI is InChI=1S/C31H31BrN6O5S/c1-37-27(17-33-30(40)20-10-14-22(41-2)15-11-20)34-35-31(37)44-18-28(39)38-25(23-6-5-7-26(42-3)29(23)43-4)16-24(36-38)19-8-12-21(32)13-9-19/h5-15,25H,16-18H2,1-4H3,(H,33,40)/t25-/m0/s1. The van der Waals surface area contributed by atoms with Crippen LogP contribution in [-0.2, 0) is 18.4 Å². The third kappa shape index (κ3) is 6.73. The number of carbonyl (C=O) groups excluding carboxylic acids is 2. The average Bonchev–Trinajstić information content (AvgIpc) is 3.66. The van der Waals surface area contributed by atoms with Gasteiger partial charge in [0.25, 0.3) is 11.8 Å². The first-order valence-electron chi connectivity index (χ1n) is 13.6. The number of hydrogen-bond donors (Lipinski definition) is 1. The van der Waals surface area contributed by atoms with Crippen LogP contribution in [0.15, 0.2) is 81.5 Å². The first-order chi connectivity index (χ1) is 21.3. The Kier molecular flexibility index (Phi) is 9.85. The fourth-order valence-corrected chi connectivity index (χ4v) is 5.84. The number of hydrogen-bond acceptors (Lipinski definition) is 9. The van der Waals surface area contributed by atoms with Crippen LogP contribution in [-0.4, -0.2) is 64.4 Å². The minimum Gasteiger partial charge on any atom is -0.497 e. The van der Waals surface area contributed by atoms with Gasteiger partial charge >= 0.3 is 0 Å². The smallest absolute Gasteiger partial charge is 0.253 e. The van der Waals surface area contributed by atoms with E-state index in [1.165, 1.54) is 16.8 Å². The fourth-order valence-electron chi connectivity index (χ4n) is 4.79. The molecule has 5 rings (SSSR count). The number of ether oxygens (including phenoxy) is 3. The number of nitrogens with one attached hydrogen (secondary N) is 1. The van der Waals surface area contributed by atoms with Gasteiger partial charge in [-0.25, -0.2) is 5.01 Å². The van der Waals surface area contributed by atoms with Crippen LogP contribution in [0.25, 0.3) is 0 Å². The van der Waals surface area contributed by atoms with E-state index < -0.39 is 6.04 Å². The Balaban J connectivity index is 1.30. The normalized spacial score (nSPS) is 14.2. The summed E-state index contributed by atoms with van der Waals surface area (Å²) in [5.74, 6) is 2.00. The summed E-state index contributed by atoms with van der Waals surface area (Å²) >= 11 is 4.73. The van der Waals surface area contributed by atoms with E-state index in [-0.39, 0.29) is 24.1 Å². The van der Waals surface area contributed by atoms with Crippen LogP contribution in [0.3, 0.4) is 0 Å². The zero-order valence-corrected chi connectivity index (χ0v) is 27.0. The highest BCUT2D eigenvalue weighted by Gasteiger charge is 2.35. The highest BCUT2D eigenvalue weighted by molar-refractivity contribution is 9.10. The monoisotopic (exact) mass is 678 g/mol. The van der Waals surface area contributed by atoms with Gasteiger partial charge in [-0.3, -0.25) is 9.59 Å². The highest BCUT2D eigenvalue weighted by atomic mass is 79.9. The molecule has 1 atom stereocenters. The van der Waals surface area contributed by atoms with Crippen LogP contribution >= 0.6 is 27.7 Å². The molecule has 0 saturated carbocycles. The molecule has 1 N–H and O–H groups in total. The number of aromatic nitrogens is 3. The van der Waals surface area contributed by atoms with E-state index in [1.807, 2.05) is 42.5 Å². The summed E-state index contributed by atoms with van der Waals surface area (Å²) in [5.41, 5.74) is 3.02. The molecule has 1 aliphatic heterocycles. The molecular formula is C31H31BrN6O5S. The van der Waals surface area contributed by atoms with Crippen molar-refractivity contribution in [1.82, 2.24) is 25.1 Å². The first-order valence-corrected chi connectivity index (χ1v) is 15.4. The first kappa shape index (κ1) is 31.1. The number of nitrogens with zero attached hydrogens (tertiary/aromatic N) is 5. The maximum absolute atomic E-state index is 13.7. The Hall–Kier alpha value is -4.36. The summed E-state index contributed by atoms with van der Waals surface area (Å²) in [7, 11) is 6.53. The molecule has 0 unspecified atom stereocenters. The Morgan fingerprint density at radius 3 is 2.41 bits per heavy atom. The second-order valence-electron chi connectivity index (χ2n) is 9.75. The lowest BCUT2D eigenvalue weighted by Crippen LogP contribution is -2.29. The number of thioether (sulfide) groups is 1. The van der Waals surface area contributed by atoms with Gasteiger partial charge in [0.05, 0.1) is 45.4 Å². The number of methoxy groups -OCH3 is 3. The largest absolute Gasteiger partial charge is 0.497 e. The molecular weight excluding hydrogens is 648 g/mol. The second-order valence-corrected chi connectivity index (χ2v) is 11.6. The SMILES string of the molecule is COc1ccc(C(=O)NCc2nnc(SCC(=O)N3N=C(c4ccc(Br)cc4)C[C@H]3c3cccc(OC)c3OC)n2C)cc1. The fraction of sp³-hybridized carbons (Fsp3) is 0.258. The van der Waals surface area contributed by atoms with Crippen molar-refractivity contribution >= 4 is 45.2 Å². The maximum atomic E-state index is 13.7. The molecule has 0 bridgehead atoms. The van der Waals surface area contributed by atoms with Gasteiger partial charge in [-0.1, -0.05) is 52.0 Å². The van der Waals surface area contributed by atoms with Crippen molar-refractivity contribution in [3.05, 3.63) is 93.7 Å². The molecule has 0 saturated heterocycles. The van der Waals surface area contributed by atoms with Crippen LogP contribution in [0.2, 0.25) is 0 Å². The Morgan fingerprint density at radius 1 is 0.977 bits per heavy atom. The average molecular weight is 680 g/mol. The molecule has 1 aliphatic rings. The number of halogens is 1. The summed E-state index contributed by atoms with van der Waals surface area (Å²) in [5, 5.41) is 18.2. The number of amides is 2. The van der Waals surface area contributed by atoms with Gasteiger partial charge in [0.2, 0.25) is 0 Å². The number of para-hydroxylation sites is 1. The van der Waals surface area contributed by atoms with E-state index >= 15 is 0 Å². The summed E-state index contributed by atoms with van der Waals surface area (Å²) in [4.78, 5) is 26.3. The van der Waals surface area contributed by atoms with Crippen molar-refractivity contribution in [2.45, 2.75) is 24.2 Å². The second kappa shape index (κ2) is 14.0. The summed E-state index contributed by atoms with van der Waals surface area (Å²) in [6.07, 6.45) is 0.504. The van der Waals surface area contributed by atoms with Crippen molar-refractivity contribution in [2.24, 2.45) is 12.1 Å². The predicted octanol–water partition coefficient (Wildman–Crippen LogP) is 5.00. The molecule has 4 aromatic rings. The van der Waals surface area contributed by atoms with Crippen LogP contribution < -0.4 is 19.5 Å². The minimum absolute atomic E-state index is 0.0735.